The third-order valence-electron chi connectivity index (χ3n) is 2.94. The molecule has 7 nitrogen and oxygen atoms in total. The number of hydrogen-bond donors (Lipinski definition) is 2. The predicted molar refractivity (Wildman–Crippen MR) is 73.8 cm³/mol. The topological polar surface area (TPSA) is 109 Å². The summed E-state index contributed by atoms with van der Waals surface area (Å²) in [5.41, 5.74) is 0.288. The van der Waals surface area contributed by atoms with Crippen LogP contribution in [0.4, 0.5) is 0 Å². The Kier molecular flexibility index (Phi) is 3.67. The summed E-state index contributed by atoms with van der Waals surface area (Å²) >= 11 is 0. The van der Waals surface area contributed by atoms with E-state index in [0.29, 0.717) is 11.9 Å². The van der Waals surface area contributed by atoms with Crippen LogP contribution in [0.1, 0.15) is 16.8 Å². The number of carboxylic acid groups (broad SMARTS) is 1. The molecule has 0 spiro atoms. The van der Waals surface area contributed by atoms with Crippen molar-refractivity contribution in [1.29, 1.82) is 0 Å². The average Bonchev–Trinajstić information content (AvgIpc) is 2.64. The molecule has 8 heteroatoms. The first kappa shape index (κ1) is 14.3. The van der Waals surface area contributed by atoms with Gasteiger partial charge in [0.25, 0.3) is 0 Å². The molecule has 1 heterocycles. The van der Waals surface area contributed by atoms with Crippen LogP contribution in [0.3, 0.4) is 0 Å². The number of aryl methyl sites for hydroxylation is 1. The number of carboxylic acids is 1. The number of carbonyl (C=O) groups is 1. The molecule has 0 saturated heterocycles. The molecule has 0 unspecified atom stereocenters. The van der Waals surface area contributed by atoms with E-state index >= 15 is 0 Å². The second-order valence-electron chi connectivity index (χ2n) is 4.57. The van der Waals surface area contributed by atoms with Gasteiger partial charge in [-0.15, -0.1) is 0 Å². The van der Waals surface area contributed by atoms with Crippen molar-refractivity contribution in [1.82, 2.24) is 9.55 Å². The third-order valence-corrected chi connectivity index (χ3v) is 3.97. The molecule has 0 atom stereocenters. The van der Waals surface area contributed by atoms with E-state index in [1.165, 1.54) is 10.6 Å². The van der Waals surface area contributed by atoms with Crippen molar-refractivity contribution in [3.05, 3.63) is 34.2 Å². The van der Waals surface area contributed by atoms with Crippen LogP contribution in [0.2, 0.25) is 0 Å². The van der Waals surface area contributed by atoms with Gasteiger partial charge in [0.2, 0.25) is 0 Å². The van der Waals surface area contributed by atoms with E-state index in [1.54, 1.807) is 12.1 Å². The Balaban J connectivity index is 2.40. The van der Waals surface area contributed by atoms with Gasteiger partial charge in [-0.2, -0.15) is 0 Å². The first-order valence-electron chi connectivity index (χ1n) is 5.92. The molecule has 2 rings (SSSR count). The fourth-order valence-electron chi connectivity index (χ4n) is 2.07. The second-order valence-corrected chi connectivity index (χ2v) is 6.83. The molecule has 0 amide bonds. The predicted octanol–water partition coefficient (Wildman–Crippen LogP) is 0.463. The number of nitrogens with zero attached hydrogens (tertiary/aromatic N) is 1. The maximum atomic E-state index is 11.8. The van der Waals surface area contributed by atoms with Gasteiger partial charge in [0.1, 0.15) is 9.84 Å². The number of rotatable bonds is 5. The molecular formula is C12H14N2O5S. The van der Waals surface area contributed by atoms with E-state index in [1.807, 2.05) is 0 Å². The van der Waals surface area contributed by atoms with Crippen molar-refractivity contribution in [3.63, 3.8) is 0 Å². The zero-order valence-corrected chi connectivity index (χ0v) is 11.6. The highest BCUT2D eigenvalue weighted by Gasteiger charge is 2.14. The average molecular weight is 298 g/mol. The van der Waals surface area contributed by atoms with E-state index in [9.17, 15) is 18.0 Å². The van der Waals surface area contributed by atoms with Crippen LogP contribution < -0.4 is 5.69 Å². The Morgan fingerprint density at radius 2 is 2.10 bits per heavy atom. The third kappa shape index (κ3) is 2.90. The maximum Gasteiger partial charge on any atom is 0.337 e. The summed E-state index contributed by atoms with van der Waals surface area (Å²) in [5.74, 6) is -1.15. The van der Waals surface area contributed by atoms with Gasteiger partial charge in [0, 0.05) is 12.8 Å². The number of nitrogens with one attached hydrogen (secondary N) is 1. The smallest absolute Gasteiger partial charge is 0.337 e. The summed E-state index contributed by atoms with van der Waals surface area (Å²) < 4.78 is 23.5. The monoisotopic (exact) mass is 298 g/mol. The van der Waals surface area contributed by atoms with Crippen molar-refractivity contribution >= 4 is 26.8 Å². The van der Waals surface area contributed by atoms with Crippen LogP contribution in [0.5, 0.6) is 0 Å². The van der Waals surface area contributed by atoms with Gasteiger partial charge in [0.05, 0.1) is 22.3 Å². The summed E-state index contributed by atoms with van der Waals surface area (Å²) in [4.78, 5) is 25.4. The number of imidazole rings is 1. The number of aromatic carboxylic acids is 1. The minimum atomic E-state index is -3.08. The lowest BCUT2D eigenvalue weighted by molar-refractivity contribution is 0.0699. The Morgan fingerprint density at radius 1 is 1.40 bits per heavy atom. The van der Waals surface area contributed by atoms with Crippen LogP contribution in [-0.4, -0.2) is 41.1 Å². The largest absolute Gasteiger partial charge is 0.478 e. The number of hydrogen-bond acceptors (Lipinski definition) is 4. The fraction of sp³-hybridized carbons (Fsp3) is 0.333. The van der Waals surface area contributed by atoms with Crippen LogP contribution in [0.25, 0.3) is 11.0 Å². The molecule has 20 heavy (non-hydrogen) atoms. The quantitative estimate of drug-likeness (QED) is 0.833. The Hall–Kier alpha value is -2.09. The van der Waals surface area contributed by atoms with E-state index in [4.69, 9.17) is 5.11 Å². The van der Waals surface area contributed by atoms with Crippen molar-refractivity contribution in [3.8, 4) is 0 Å². The fourth-order valence-corrected chi connectivity index (χ4v) is 2.72. The summed E-state index contributed by atoms with van der Waals surface area (Å²) in [5, 5.41) is 9.06. The van der Waals surface area contributed by atoms with Crippen molar-refractivity contribution in [2.75, 3.05) is 12.0 Å². The van der Waals surface area contributed by atoms with Crippen molar-refractivity contribution < 1.29 is 18.3 Å². The van der Waals surface area contributed by atoms with Gasteiger partial charge in [-0.3, -0.25) is 4.57 Å². The SMILES string of the molecule is CS(=O)(=O)CCCn1c(=O)[nH]c2c(C(=O)O)cccc21. The molecule has 0 aliphatic heterocycles. The molecule has 108 valence electrons. The van der Waals surface area contributed by atoms with Crippen LogP contribution in [-0.2, 0) is 16.4 Å². The number of para-hydroxylation sites is 1. The highest BCUT2D eigenvalue weighted by atomic mass is 32.2. The molecule has 0 bridgehead atoms. The Labute approximate surface area is 114 Å². The van der Waals surface area contributed by atoms with Crippen molar-refractivity contribution in [2.24, 2.45) is 0 Å². The molecular weight excluding hydrogens is 284 g/mol. The lowest BCUT2D eigenvalue weighted by Crippen LogP contribution is -2.18. The van der Waals surface area contributed by atoms with Gasteiger partial charge in [-0.25, -0.2) is 18.0 Å². The zero-order chi connectivity index (χ0) is 14.9. The number of sulfone groups is 1. The molecule has 2 aromatic rings. The Morgan fingerprint density at radius 3 is 2.70 bits per heavy atom. The molecule has 0 radical (unpaired) electrons. The lowest BCUT2D eigenvalue weighted by Gasteiger charge is -2.03. The summed E-state index contributed by atoms with van der Waals surface area (Å²) in [6.45, 7) is 0.217. The van der Waals surface area contributed by atoms with E-state index in [0.717, 1.165) is 6.26 Å². The molecule has 0 saturated carbocycles. The molecule has 1 aromatic carbocycles. The molecule has 0 aliphatic carbocycles. The highest BCUT2D eigenvalue weighted by Crippen LogP contribution is 2.15. The van der Waals surface area contributed by atoms with Crippen LogP contribution in [0, 0.1) is 0 Å². The molecule has 0 fully saturated rings. The second kappa shape index (κ2) is 5.12. The van der Waals surface area contributed by atoms with Crippen LogP contribution in [0.15, 0.2) is 23.0 Å². The summed E-state index contributed by atoms with van der Waals surface area (Å²) in [6, 6.07) is 4.58. The van der Waals surface area contributed by atoms with Gasteiger partial charge in [-0.1, -0.05) is 6.07 Å². The summed E-state index contributed by atoms with van der Waals surface area (Å²) in [7, 11) is -3.08. The normalized spacial score (nSPS) is 11.8. The van der Waals surface area contributed by atoms with Gasteiger partial charge in [0.15, 0.2) is 0 Å². The first-order valence-corrected chi connectivity index (χ1v) is 7.98. The van der Waals surface area contributed by atoms with Gasteiger partial charge < -0.3 is 10.1 Å². The number of aromatic nitrogens is 2. The molecule has 2 N–H and O–H groups in total. The zero-order valence-electron chi connectivity index (χ0n) is 10.8. The standard InChI is InChI=1S/C12H14N2O5S/c1-20(18,19)7-3-6-14-9-5-2-4-8(11(15)16)10(9)13-12(14)17/h2,4-5H,3,6-7H2,1H3,(H,13,17)(H,15,16). The van der Waals surface area contributed by atoms with E-state index in [-0.39, 0.29) is 23.4 Å². The van der Waals surface area contributed by atoms with Gasteiger partial charge in [-0.05, 0) is 18.6 Å². The van der Waals surface area contributed by atoms with Crippen LogP contribution >= 0.6 is 0 Å². The minimum absolute atomic E-state index is 0.0152. The van der Waals surface area contributed by atoms with Crippen molar-refractivity contribution in [2.45, 2.75) is 13.0 Å². The molecule has 1 aromatic heterocycles. The number of fused-ring (bicyclic) bond motifs is 1. The number of benzene rings is 1. The summed E-state index contributed by atoms with van der Waals surface area (Å²) in [6.07, 6.45) is 1.43. The highest BCUT2D eigenvalue weighted by molar-refractivity contribution is 7.90. The van der Waals surface area contributed by atoms with Gasteiger partial charge >= 0.3 is 11.7 Å². The minimum Gasteiger partial charge on any atom is -0.478 e. The van der Waals surface area contributed by atoms with E-state index < -0.39 is 21.5 Å². The Bertz CT molecular complexity index is 816. The number of aromatic amines is 1. The van der Waals surface area contributed by atoms with E-state index in [2.05, 4.69) is 4.98 Å². The maximum absolute atomic E-state index is 11.8. The lowest BCUT2D eigenvalue weighted by atomic mass is 10.2. The molecule has 0 aliphatic rings. The first-order chi connectivity index (χ1) is 9.29. The number of H-pyrrole nitrogens is 1.